The van der Waals surface area contributed by atoms with E-state index in [1.54, 1.807) is 24.3 Å². The zero-order valence-corrected chi connectivity index (χ0v) is 21.9. The van der Waals surface area contributed by atoms with Gasteiger partial charge in [-0.05, 0) is 73.1 Å². The molecule has 2 bridgehead atoms. The summed E-state index contributed by atoms with van der Waals surface area (Å²) in [5.41, 5.74) is -1.84. The third-order valence-corrected chi connectivity index (χ3v) is 8.80. The molecule has 6 rings (SSSR count). The van der Waals surface area contributed by atoms with E-state index in [0.29, 0.717) is 44.7 Å². The van der Waals surface area contributed by atoms with Crippen molar-refractivity contribution in [2.24, 2.45) is 4.99 Å². The molecule has 0 spiro atoms. The Morgan fingerprint density at radius 2 is 1.73 bits per heavy atom. The highest BCUT2D eigenvalue weighted by Crippen LogP contribution is 2.38. The minimum Gasteiger partial charge on any atom is -0.348 e. The van der Waals surface area contributed by atoms with Gasteiger partial charge in [-0.25, -0.2) is 0 Å². The Labute approximate surface area is 229 Å². The van der Waals surface area contributed by atoms with Gasteiger partial charge in [-0.15, -0.1) is 0 Å². The minimum atomic E-state index is -4.96. The monoisotopic (exact) mass is 579 g/mol. The van der Waals surface area contributed by atoms with Crippen LogP contribution in [0.4, 0.5) is 26.3 Å². The summed E-state index contributed by atoms with van der Waals surface area (Å²) in [5, 5.41) is 5.49. The van der Waals surface area contributed by atoms with E-state index in [0.717, 1.165) is 32.0 Å². The quantitative estimate of drug-likeness (QED) is 0.287. The lowest BCUT2D eigenvalue weighted by Gasteiger charge is -2.39. The zero-order valence-electron chi connectivity index (χ0n) is 21.1. The molecular formula is C27H23F6N5OS. The van der Waals surface area contributed by atoms with Crippen LogP contribution in [0.25, 0.3) is 17.0 Å². The molecular weight excluding hydrogens is 556 g/mol. The maximum absolute atomic E-state index is 13.6. The Kier molecular flexibility index (Phi) is 6.49. The number of rotatable bonds is 3. The van der Waals surface area contributed by atoms with Gasteiger partial charge >= 0.3 is 12.4 Å². The van der Waals surface area contributed by atoms with Crippen molar-refractivity contribution in [3.63, 3.8) is 0 Å². The van der Waals surface area contributed by atoms with Crippen LogP contribution in [-0.2, 0) is 23.7 Å². The molecule has 2 saturated heterocycles. The van der Waals surface area contributed by atoms with Crippen LogP contribution < -0.4 is 0 Å². The number of nitrogens with zero attached hydrogens (tertiary/aromatic N) is 5. The van der Waals surface area contributed by atoms with Crippen molar-refractivity contribution in [2.45, 2.75) is 43.8 Å². The third-order valence-electron chi connectivity index (χ3n) is 7.75. The third kappa shape index (κ3) is 5.00. The average Bonchev–Trinajstić information content (AvgIpc) is 3.49. The summed E-state index contributed by atoms with van der Waals surface area (Å²) in [5.74, 6) is -0.316. The van der Waals surface area contributed by atoms with Crippen LogP contribution in [-0.4, -0.2) is 62.9 Å². The normalized spacial score (nSPS) is 23.1. The second kappa shape index (κ2) is 9.65. The van der Waals surface area contributed by atoms with E-state index in [2.05, 4.69) is 26.9 Å². The molecule has 13 heteroatoms. The standard InChI is InChI=1S/C27H23F6N5OS/c1-36-19-5-6-20(36)14-37(13-19)25-35-24(39)23(40-25)9-15-2-7-22-17(8-15)11-34-38(22)12-16-3-4-18(26(28,29)30)10-21(16)27(31,32)33/h2-4,7-11,19-20H,5-6,12-14H2,1H3. The maximum Gasteiger partial charge on any atom is 0.416 e. The molecule has 0 radical (unpaired) electrons. The Morgan fingerprint density at radius 3 is 2.40 bits per heavy atom. The highest BCUT2D eigenvalue weighted by Gasteiger charge is 2.40. The fourth-order valence-electron chi connectivity index (χ4n) is 5.59. The predicted molar refractivity (Wildman–Crippen MR) is 139 cm³/mol. The van der Waals surface area contributed by atoms with Crippen molar-refractivity contribution >= 4 is 39.8 Å². The first-order chi connectivity index (χ1) is 18.9. The molecule has 1 amide bonds. The fraction of sp³-hybridized carbons (Fsp3) is 0.370. The molecule has 3 aliphatic rings. The van der Waals surface area contributed by atoms with Gasteiger partial charge < -0.3 is 4.90 Å². The van der Waals surface area contributed by atoms with E-state index >= 15 is 0 Å². The first-order valence-corrected chi connectivity index (χ1v) is 13.4. The molecule has 4 heterocycles. The second-order valence-corrected chi connectivity index (χ2v) is 11.3. The van der Waals surface area contributed by atoms with Gasteiger partial charge in [0.2, 0.25) is 0 Å². The fourth-order valence-corrected chi connectivity index (χ4v) is 6.52. The highest BCUT2D eigenvalue weighted by atomic mass is 32.2. The molecule has 2 unspecified atom stereocenters. The number of carbonyl (C=O) groups excluding carboxylic acids is 1. The van der Waals surface area contributed by atoms with Gasteiger partial charge in [0.1, 0.15) is 0 Å². The summed E-state index contributed by atoms with van der Waals surface area (Å²) in [7, 11) is 2.14. The van der Waals surface area contributed by atoms with Gasteiger partial charge in [0.05, 0.1) is 34.3 Å². The maximum atomic E-state index is 13.6. The molecule has 2 atom stereocenters. The number of hydrogen-bond acceptors (Lipinski definition) is 5. The molecule has 40 heavy (non-hydrogen) atoms. The zero-order chi connectivity index (χ0) is 28.4. The molecule has 2 aromatic carbocycles. The summed E-state index contributed by atoms with van der Waals surface area (Å²) in [6.45, 7) is 1.30. The number of carbonyl (C=O) groups is 1. The van der Waals surface area contributed by atoms with E-state index in [4.69, 9.17) is 0 Å². The van der Waals surface area contributed by atoms with E-state index in [-0.39, 0.29) is 24.1 Å². The van der Waals surface area contributed by atoms with Crippen LogP contribution >= 0.6 is 11.8 Å². The lowest BCUT2D eigenvalue weighted by atomic mass is 10.0. The lowest BCUT2D eigenvalue weighted by Crippen LogP contribution is -2.52. The van der Waals surface area contributed by atoms with Crippen LogP contribution in [0.5, 0.6) is 0 Å². The Morgan fingerprint density at radius 1 is 1.00 bits per heavy atom. The van der Waals surface area contributed by atoms with Crippen molar-refractivity contribution in [3.8, 4) is 0 Å². The van der Waals surface area contributed by atoms with Crippen molar-refractivity contribution < 1.29 is 31.1 Å². The summed E-state index contributed by atoms with van der Waals surface area (Å²) < 4.78 is 81.2. The van der Waals surface area contributed by atoms with E-state index < -0.39 is 23.5 Å². The minimum absolute atomic E-state index is 0.130. The van der Waals surface area contributed by atoms with Gasteiger partial charge in [-0.3, -0.25) is 14.4 Å². The Balaban J connectivity index is 1.21. The SMILES string of the molecule is CN1C2CCC1CN(C1=NC(=O)C(=Cc3ccc4c(cnn4Cc4ccc(C(F)(F)F)cc4C(F)(F)F)c3)S1)C2. The van der Waals surface area contributed by atoms with Gasteiger partial charge in [-0.2, -0.15) is 36.4 Å². The van der Waals surface area contributed by atoms with E-state index in [1.807, 2.05) is 0 Å². The number of aromatic nitrogens is 2. The van der Waals surface area contributed by atoms with E-state index in [1.165, 1.54) is 22.6 Å². The van der Waals surface area contributed by atoms with Crippen LogP contribution in [0.2, 0.25) is 0 Å². The van der Waals surface area contributed by atoms with Crippen LogP contribution in [0, 0.1) is 0 Å². The number of likely N-dealkylation sites (N-methyl/N-ethyl adjacent to an activating group) is 1. The number of amidine groups is 1. The molecule has 1 aromatic heterocycles. The molecule has 210 valence electrons. The number of aliphatic imine (C=N–C) groups is 1. The van der Waals surface area contributed by atoms with Crippen molar-refractivity contribution in [1.29, 1.82) is 0 Å². The number of benzene rings is 2. The van der Waals surface area contributed by atoms with Crippen LogP contribution in [0.15, 0.2) is 52.5 Å². The largest absolute Gasteiger partial charge is 0.416 e. The Bertz CT molecular complexity index is 1540. The topological polar surface area (TPSA) is 53.7 Å². The number of fused-ring (bicyclic) bond motifs is 3. The van der Waals surface area contributed by atoms with Crippen molar-refractivity contribution in [3.05, 3.63) is 69.8 Å². The highest BCUT2D eigenvalue weighted by molar-refractivity contribution is 8.18. The molecule has 0 saturated carbocycles. The van der Waals surface area contributed by atoms with Crippen molar-refractivity contribution in [2.75, 3.05) is 20.1 Å². The summed E-state index contributed by atoms with van der Waals surface area (Å²) in [6, 6.07) is 7.65. The van der Waals surface area contributed by atoms with Gasteiger partial charge in [-0.1, -0.05) is 12.1 Å². The number of amides is 1. The second-order valence-electron chi connectivity index (χ2n) is 10.3. The van der Waals surface area contributed by atoms with Crippen LogP contribution in [0.3, 0.4) is 0 Å². The molecule has 0 N–H and O–H groups in total. The number of hydrogen-bond donors (Lipinski definition) is 0. The number of halogens is 6. The number of likely N-dealkylation sites (tertiary alicyclic amines) is 1. The summed E-state index contributed by atoms with van der Waals surface area (Å²) >= 11 is 1.33. The van der Waals surface area contributed by atoms with Crippen LogP contribution in [0.1, 0.15) is 35.1 Å². The first kappa shape index (κ1) is 26.9. The number of thioether (sulfide) groups is 1. The van der Waals surface area contributed by atoms with Gasteiger partial charge in [0.15, 0.2) is 5.17 Å². The summed E-state index contributed by atoms with van der Waals surface area (Å²) in [4.78, 5) is 22.0. The predicted octanol–water partition coefficient (Wildman–Crippen LogP) is 5.87. The van der Waals surface area contributed by atoms with Gasteiger partial charge in [0, 0.05) is 30.6 Å². The van der Waals surface area contributed by atoms with Crippen molar-refractivity contribution in [1.82, 2.24) is 19.6 Å². The number of alkyl halides is 6. The molecule has 3 aliphatic heterocycles. The summed E-state index contributed by atoms with van der Waals surface area (Å²) in [6.07, 6.45) is -4.39. The Hall–Kier alpha value is -3.32. The molecule has 3 aromatic rings. The lowest BCUT2D eigenvalue weighted by molar-refractivity contribution is -0.143. The average molecular weight is 580 g/mol. The molecule has 2 fully saturated rings. The smallest absolute Gasteiger partial charge is 0.348 e. The number of piperazine rings is 1. The first-order valence-electron chi connectivity index (χ1n) is 12.6. The molecule has 0 aliphatic carbocycles. The van der Waals surface area contributed by atoms with E-state index in [9.17, 15) is 31.1 Å². The van der Waals surface area contributed by atoms with Gasteiger partial charge in [0.25, 0.3) is 5.91 Å². The molecule has 6 nitrogen and oxygen atoms in total.